The van der Waals surface area contributed by atoms with Crippen molar-refractivity contribution in [2.75, 3.05) is 13.2 Å². The number of carbonyl (C=O) groups is 4. The third-order valence-corrected chi connectivity index (χ3v) is 6.04. The van der Waals surface area contributed by atoms with Crippen molar-refractivity contribution in [2.24, 2.45) is 5.92 Å². The van der Waals surface area contributed by atoms with Crippen LogP contribution < -0.4 is 16.0 Å². The van der Waals surface area contributed by atoms with Crippen LogP contribution in [0.2, 0.25) is 0 Å². The van der Waals surface area contributed by atoms with Crippen molar-refractivity contribution in [1.82, 2.24) is 16.0 Å². The van der Waals surface area contributed by atoms with E-state index in [1.54, 1.807) is 37.3 Å². The number of alkyl carbamates (subject to hydrolysis) is 1. The minimum atomic E-state index is -1.05. The summed E-state index contributed by atoms with van der Waals surface area (Å²) in [5, 5.41) is 17.2. The maximum absolute atomic E-state index is 13.2. The Bertz CT molecular complexity index is 1140. The van der Waals surface area contributed by atoms with Crippen molar-refractivity contribution in [3.63, 3.8) is 0 Å². The van der Waals surface area contributed by atoms with Crippen LogP contribution in [0, 0.1) is 5.92 Å². The molecule has 0 fully saturated rings. The molecule has 0 aliphatic heterocycles. The van der Waals surface area contributed by atoms with Crippen LogP contribution in [0.1, 0.15) is 43.4 Å². The third-order valence-electron chi connectivity index (χ3n) is 6.04. The zero-order chi connectivity index (χ0) is 30.0. The highest BCUT2D eigenvalue weighted by molar-refractivity contribution is 5.86. The molecule has 0 saturated carbocycles. The first-order valence-corrected chi connectivity index (χ1v) is 13.4. The average molecular weight is 566 g/mol. The van der Waals surface area contributed by atoms with Gasteiger partial charge in [-0.15, -0.1) is 13.2 Å². The Morgan fingerprint density at radius 1 is 0.878 bits per heavy atom. The van der Waals surface area contributed by atoms with Crippen molar-refractivity contribution in [2.45, 2.75) is 50.9 Å². The van der Waals surface area contributed by atoms with Gasteiger partial charge < -0.3 is 30.5 Å². The van der Waals surface area contributed by atoms with Crippen LogP contribution in [0.15, 0.2) is 86.0 Å². The molecule has 0 aromatic heterocycles. The number of amides is 3. The molecule has 220 valence electrons. The molecular weight excluding hydrogens is 526 g/mol. The number of carbonyl (C=O) groups excluding carboxylic acids is 4. The Labute approximate surface area is 240 Å². The topological polar surface area (TPSA) is 143 Å². The summed E-state index contributed by atoms with van der Waals surface area (Å²) in [6.45, 7) is 8.56. The third kappa shape index (κ3) is 12.1. The lowest BCUT2D eigenvalue weighted by Crippen LogP contribution is -2.43. The molecule has 0 spiro atoms. The quantitative estimate of drug-likeness (QED) is 0.170. The van der Waals surface area contributed by atoms with E-state index < -0.39 is 42.0 Å². The molecule has 10 heteroatoms. The fourth-order valence-electron chi connectivity index (χ4n) is 3.84. The lowest BCUT2D eigenvalue weighted by atomic mass is 9.98. The number of hydrogen-bond acceptors (Lipinski definition) is 7. The van der Waals surface area contributed by atoms with Gasteiger partial charge in [0.15, 0.2) is 0 Å². The molecule has 4 atom stereocenters. The Hall–Kier alpha value is -4.44. The van der Waals surface area contributed by atoms with E-state index in [9.17, 15) is 24.3 Å². The van der Waals surface area contributed by atoms with Gasteiger partial charge in [-0.1, -0.05) is 72.8 Å². The molecule has 4 N–H and O–H groups in total. The van der Waals surface area contributed by atoms with Crippen molar-refractivity contribution in [1.29, 1.82) is 0 Å². The highest BCUT2D eigenvalue weighted by atomic mass is 16.6. The molecule has 0 aliphatic rings. The number of benzene rings is 2. The van der Waals surface area contributed by atoms with Crippen molar-refractivity contribution >= 4 is 23.9 Å². The first-order chi connectivity index (χ1) is 19.8. The van der Waals surface area contributed by atoms with Gasteiger partial charge in [0.1, 0.15) is 19.3 Å². The second-order valence-corrected chi connectivity index (χ2v) is 9.46. The number of aliphatic hydroxyl groups is 1. The van der Waals surface area contributed by atoms with E-state index in [-0.39, 0.29) is 45.0 Å². The second kappa shape index (κ2) is 18.0. The molecule has 0 unspecified atom stereocenters. The highest BCUT2D eigenvalue weighted by Crippen LogP contribution is 2.18. The van der Waals surface area contributed by atoms with Crippen LogP contribution in [0.25, 0.3) is 0 Å². The molecule has 2 rings (SSSR count). The van der Waals surface area contributed by atoms with E-state index in [0.29, 0.717) is 5.56 Å². The molecule has 10 nitrogen and oxygen atoms in total. The fraction of sp³-hybridized carbons (Fsp3) is 0.355. The minimum absolute atomic E-state index is 0.0352. The fourth-order valence-corrected chi connectivity index (χ4v) is 3.84. The van der Waals surface area contributed by atoms with Crippen LogP contribution in [-0.2, 0) is 30.5 Å². The summed E-state index contributed by atoms with van der Waals surface area (Å²) < 4.78 is 10.7. The van der Waals surface area contributed by atoms with E-state index in [0.717, 1.165) is 5.56 Å². The van der Waals surface area contributed by atoms with E-state index in [1.807, 2.05) is 36.4 Å². The number of nitrogens with one attached hydrogen (secondary N) is 3. The molecule has 2 aromatic rings. The first-order valence-electron chi connectivity index (χ1n) is 13.4. The molecule has 0 heterocycles. The first kappa shape index (κ1) is 32.8. The molecule has 0 bridgehead atoms. The largest absolute Gasteiger partial charge is 0.462 e. The number of ether oxygens (including phenoxy) is 2. The summed E-state index contributed by atoms with van der Waals surface area (Å²) in [6, 6.07) is 15.8. The smallest absolute Gasteiger partial charge is 0.408 e. The van der Waals surface area contributed by atoms with Crippen LogP contribution >= 0.6 is 0 Å². The molecule has 3 amide bonds. The maximum atomic E-state index is 13.2. The van der Waals surface area contributed by atoms with Gasteiger partial charge in [-0.2, -0.15) is 0 Å². The lowest BCUT2D eigenvalue weighted by Gasteiger charge is -2.24. The van der Waals surface area contributed by atoms with Gasteiger partial charge in [0.2, 0.25) is 11.8 Å². The Morgan fingerprint density at radius 2 is 1.51 bits per heavy atom. The summed E-state index contributed by atoms with van der Waals surface area (Å²) in [4.78, 5) is 50.8. The van der Waals surface area contributed by atoms with Crippen LogP contribution in [-0.4, -0.2) is 54.3 Å². The zero-order valence-corrected chi connectivity index (χ0v) is 23.3. The minimum Gasteiger partial charge on any atom is -0.462 e. The Morgan fingerprint density at radius 3 is 2.12 bits per heavy atom. The number of hydrogen-bond donors (Lipinski definition) is 4. The Balaban J connectivity index is 2.05. The van der Waals surface area contributed by atoms with E-state index in [4.69, 9.17) is 9.47 Å². The van der Waals surface area contributed by atoms with Crippen LogP contribution in [0.4, 0.5) is 4.79 Å². The van der Waals surface area contributed by atoms with Gasteiger partial charge in [0, 0.05) is 12.5 Å². The molecular formula is C31H39N3O7. The SMILES string of the molecule is C=CC[C@H](CC(=O)N[C@H](C)CO)C(=O)N[C@@H](COC(=O)[C@@H](CC=C)NC(=O)OCc1ccccc1)c1ccccc1. The molecule has 41 heavy (non-hydrogen) atoms. The lowest BCUT2D eigenvalue weighted by molar-refractivity contribution is -0.147. The highest BCUT2D eigenvalue weighted by Gasteiger charge is 2.27. The number of esters is 1. The van der Waals surface area contributed by atoms with Crippen molar-refractivity contribution in [3.05, 3.63) is 97.1 Å². The predicted molar refractivity (Wildman–Crippen MR) is 154 cm³/mol. The molecule has 0 radical (unpaired) electrons. The van der Waals surface area contributed by atoms with E-state index in [1.165, 1.54) is 6.08 Å². The molecule has 0 aliphatic carbocycles. The van der Waals surface area contributed by atoms with E-state index >= 15 is 0 Å². The number of allylic oxidation sites excluding steroid dienone is 1. The Kier molecular flexibility index (Phi) is 14.4. The average Bonchev–Trinajstić information content (AvgIpc) is 2.98. The second-order valence-electron chi connectivity index (χ2n) is 9.46. The van der Waals surface area contributed by atoms with Crippen LogP contribution in [0.3, 0.4) is 0 Å². The van der Waals surface area contributed by atoms with Gasteiger partial charge in [-0.05, 0) is 30.9 Å². The number of aliphatic hydroxyl groups excluding tert-OH is 1. The standard InChI is InChI=1S/C31H39N3O7/c1-4-12-25(18-28(36)32-22(3)19-35)29(37)33-27(24-16-10-7-11-17-24)21-40-30(38)26(13-5-2)34-31(39)41-20-23-14-8-6-9-15-23/h4-11,14-17,22,25-27,35H,1-2,12-13,18-21H2,3H3,(H,32,36)(H,33,37)(H,34,39)/t22-,25-,26-,27+/m1/s1. The van der Waals surface area contributed by atoms with Gasteiger partial charge in [-0.25, -0.2) is 9.59 Å². The summed E-state index contributed by atoms with van der Waals surface area (Å²) >= 11 is 0. The summed E-state index contributed by atoms with van der Waals surface area (Å²) in [7, 11) is 0. The maximum Gasteiger partial charge on any atom is 0.408 e. The van der Waals surface area contributed by atoms with Gasteiger partial charge >= 0.3 is 12.1 Å². The zero-order valence-electron chi connectivity index (χ0n) is 23.3. The monoisotopic (exact) mass is 565 g/mol. The van der Waals surface area contributed by atoms with Gasteiger partial charge in [0.25, 0.3) is 0 Å². The predicted octanol–water partition coefficient (Wildman–Crippen LogP) is 3.34. The van der Waals surface area contributed by atoms with Gasteiger partial charge in [0.05, 0.1) is 18.6 Å². The van der Waals surface area contributed by atoms with E-state index in [2.05, 4.69) is 29.1 Å². The summed E-state index contributed by atoms with van der Waals surface area (Å²) in [6.07, 6.45) is 2.47. The van der Waals surface area contributed by atoms with Crippen LogP contribution in [0.5, 0.6) is 0 Å². The number of rotatable bonds is 17. The van der Waals surface area contributed by atoms with Crippen molar-refractivity contribution in [3.8, 4) is 0 Å². The normalized spacial score (nSPS) is 13.4. The molecule has 2 aromatic carbocycles. The summed E-state index contributed by atoms with van der Waals surface area (Å²) in [5.74, 6) is -2.26. The van der Waals surface area contributed by atoms with Crippen molar-refractivity contribution < 1.29 is 33.8 Å². The summed E-state index contributed by atoms with van der Waals surface area (Å²) in [5.41, 5.74) is 1.47. The molecule has 0 saturated heterocycles. The van der Waals surface area contributed by atoms with Gasteiger partial charge in [-0.3, -0.25) is 9.59 Å².